The number of morpholine rings is 1. The molecule has 2 aliphatic rings. The summed E-state index contributed by atoms with van der Waals surface area (Å²) in [7, 11) is 1.76. The molecular formula is C23H26N2O3. The Morgan fingerprint density at radius 2 is 1.82 bits per heavy atom. The van der Waals surface area contributed by atoms with E-state index in [1.165, 1.54) is 12.8 Å². The molecular weight excluding hydrogens is 352 g/mol. The Bertz CT molecular complexity index is 874. The molecule has 2 fully saturated rings. The van der Waals surface area contributed by atoms with Crippen molar-refractivity contribution in [1.82, 2.24) is 4.90 Å². The predicted molar refractivity (Wildman–Crippen MR) is 109 cm³/mol. The maximum Gasteiger partial charge on any atom is 0.254 e. The van der Waals surface area contributed by atoms with Gasteiger partial charge in [0.1, 0.15) is 0 Å². The molecule has 0 spiro atoms. The van der Waals surface area contributed by atoms with Gasteiger partial charge < -0.3 is 14.5 Å². The topological polar surface area (TPSA) is 49.9 Å². The minimum atomic E-state index is -0.00430. The molecule has 1 atom stereocenters. The Balaban J connectivity index is 1.51. The van der Waals surface area contributed by atoms with E-state index in [1.54, 1.807) is 18.9 Å². The highest BCUT2D eigenvalue weighted by molar-refractivity contribution is 5.96. The van der Waals surface area contributed by atoms with Crippen molar-refractivity contribution >= 4 is 17.5 Å². The van der Waals surface area contributed by atoms with Gasteiger partial charge in [-0.2, -0.15) is 0 Å². The van der Waals surface area contributed by atoms with Crippen molar-refractivity contribution in [1.29, 1.82) is 0 Å². The summed E-state index contributed by atoms with van der Waals surface area (Å²) < 4.78 is 5.84. The molecule has 1 aliphatic carbocycles. The first-order chi connectivity index (χ1) is 13.5. The highest BCUT2D eigenvalue weighted by Crippen LogP contribution is 2.36. The molecule has 2 amide bonds. The van der Waals surface area contributed by atoms with Crippen molar-refractivity contribution in [2.24, 2.45) is 5.92 Å². The Kier molecular flexibility index (Phi) is 5.18. The van der Waals surface area contributed by atoms with Crippen LogP contribution in [0.4, 0.5) is 5.69 Å². The van der Waals surface area contributed by atoms with Crippen LogP contribution in [0.3, 0.4) is 0 Å². The van der Waals surface area contributed by atoms with Crippen LogP contribution in [-0.2, 0) is 9.53 Å². The maximum absolute atomic E-state index is 13.0. The molecule has 1 saturated heterocycles. The van der Waals surface area contributed by atoms with Crippen LogP contribution in [0.5, 0.6) is 0 Å². The number of ether oxygens (including phenoxy) is 1. The third kappa shape index (κ3) is 3.94. The normalized spacial score (nSPS) is 19.4. The van der Waals surface area contributed by atoms with E-state index >= 15 is 0 Å². The van der Waals surface area contributed by atoms with Crippen molar-refractivity contribution < 1.29 is 14.3 Å². The molecule has 1 aliphatic heterocycles. The van der Waals surface area contributed by atoms with Crippen LogP contribution in [0.2, 0.25) is 0 Å². The molecule has 1 saturated carbocycles. The third-order valence-corrected chi connectivity index (χ3v) is 5.70. The molecule has 0 bridgehead atoms. The van der Waals surface area contributed by atoms with Gasteiger partial charge in [-0.05, 0) is 54.2 Å². The van der Waals surface area contributed by atoms with Gasteiger partial charge in [0, 0.05) is 38.3 Å². The van der Waals surface area contributed by atoms with E-state index in [1.807, 2.05) is 53.4 Å². The van der Waals surface area contributed by atoms with Crippen molar-refractivity contribution in [2.75, 3.05) is 31.6 Å². The second-order valence-electron chi connectivity index (χ2n) is 7.70. The summed E-state index contributed by atoms with van der Waals surface area (Å²) >= 11 is 0. The monoisotopic (exact) mass is 378 g/mol. The minimum absolute atomic E-state index is 0.00430. The number of hydrogen-bond donors (Lipinski definition) is 0. The van der Waals surface area contributed by atoms with Crippen LogP contribution in [0, 0.1) is 5.92 Å². The number of hydrogen-bond acceptors (Lipinski definition) is 3. The Labute approximate surface area is 165 Å². The van der Waals surface area contributed by atoms with Gasteiger partial charge in [-0.25, -0.2) is 0 Å². The second-order valence-corrected chi connectivity index (χ2v) is 7.70. The van der Waals surface area contributed by atoms with Crippen LogP contribution in [0.1, 0.15) is 30.1 Å². The molecule has 2 aromatic rings. The predicted octanol–water partition coefficient (Wildman–Crippen LogP) is 3.59. The molecule has 1 heterocycles. The lowest BCUT2D eigenvalue weighted by Gasteiger charge is -2.33. The number of amides is 2. The smallest absolute Gasteiger partial charge is 0.254 e. The van der Waals surface area contributed by atoms with E-state index in [-0.39, 0.29) is 17.9 Å². The highest BCUT2D eigenvalue weighted by Gasteiger charge is 2.36. The fourth-order valence-corrected chi connectivity index (χ4v) is 3.69. The Morgan fingerprint density at radius 1 is 1.07 bits per heavy atom. The van der Waals surface area contributed by atoms with Crippen LogP contribution < -0.4 is 4.90 Å². The molecule has 0 N–H and O–H groups in total. The summed E-state index contributed by atoms with van der Waals surface area (Å²) in [5.41, 5.74) is 3.57. The van der Waals surface area contributed by atoms with Crippen LogP contribution in [0.25, 0.3) is 11.1 Å². The highest BCUT2D eigenvalue weighted by atomic mass is 16.5. The lowest BCUT2D eigenvalue weighted by molar-refractivity contribution is -0.116. The number of anilines is 1. The van der Waals surface area contributed by atoms with Gasteiger partial charge >= 0.3 is 0 Å². The summed E-state index contributed by atoms with van der Waals surface area (Å²) in [6.45, 7) is 3.51. The van der Waals surface area contributed by atoms with Crippen LogP contribution in [-0.4, -0.2) is 49.6 Å². The molecule has 146 valence electrons. The van der Waals surface area contributed by atoms with Gasteiger partial charge in [0.25, 0.3) is 5.91 Å². The third-order valence-electron chi connectivity index (χ3n) is 5.70. The van der Waals surface area contributed by atoms with Gasteiger partial charge in [0.2, 0.25) is 5.91 Å². The van der Waals surface area contributed by atoms with Gasteiger partial charge in [-0.3, -0.25) is 9.59 Å². The Morgan fingerprint density at radius 3 is 2.50 bits per heavy atom. The summed E-state index contributed by atoms with van der Waals surface area (Å²) in [5, 5.41) is 0. The number of nitrogens with zero attached hydrogens (tertiary/aromatic N) is 2. The summed E-state index contributed by atoms with van der Waals surface area (Å²) in [5.74, 6) is 0.702. The molecule has 5 heteroatoms. The molecule has 2 aromatic carbocycles. The first-order valence-electron chi connectivity index (χ1n) is 9.88. The van der Waals surface area contributed by atoms with Crippen molar-refractivity contribution in [3.8, 4) is 11.1 Å². The molecule has 0 aromatic heterocycles. The van der Waals surface area contributed by atoms with Gasteiger partial charge in [-0.1, -0.05) is 24.3 Å². The SMILES string of the molecule is CC(=O)N(C)c1ccc(-c2cccc(C(=O)N3CCO[C@@H](C4CC4)C3)c2)cc1. The number of carbonyl (C=O) groups is 2. The standard InChI is InChI=1S/C23H26N2O3/c1-16(26)24(2)21-10-8-17(9-11-21)19-4-3-5-20(14-19)23(27)25-12-13-28-22(15-25)18-6-7-18/h3-5,8-11,14,18,22H,6-7,12-13,15H2,1-2H3/t22-/m1/s1. The lowest BCUT2D eigenvalue weighted by Crippen LogP contribution is -2.46. The molecule has 5 nitrogen and oxygen atoms in total. The maximum atomic E-state index is 13.0. The molecule has 0 radical (unpaired) electrons. The zero-order valence-corrected chi connectivity index (χ0v) is 16.4. The van der Waals surface area contributed by atoms with Crippen LogP contribution >= 0.6 is 0 Å². The fourth-order valence-electron chi connectivity index (χ4n) is 3.69. The van der Waals surface area contributed by atoms with Gasteiger partial charge in [-0.15, -0.1) is 0 Å². The summed E-state index contributed by atoms with van der Waals surface area (Å²) in [6, 6.07) is 15.6. The van der Waals surface area contributed by atoms with E-state index in [2.05, 4.69) is 0 Å². The fraction of sp³-hybridized carbons (Fsp3) is 0.391. The first-order valence-corrected chi connectivity index (χ1v) is 9.88. The van der Waals surface area contributed by atoms with E-state index in [4.69, 9.17) is 4.74 Å². The number of rotatable bonds is 4. The van der Waals surface area contributed by atoms with Crippen molar-refractivity contribution in [3.05, 3.63) is 54.1 Å². The quantitative estimate of drug-likeness (QED) is 0.817. The number of benzene rings is 2. The minimum Gasteiger partial charge on any atom is -0.374 e. The van der Waals surface area contributed by atoms with E-state index < -0.39 is 0 Å². The average molecular weight is 378 g/mol. The Hall–Kier alpha value is -2.66. The lowest BCUT2D eigenvalue weighted by atomic mass is 10.0. The zero-order valence-electron chi connectivity index (χ0n) is 16.4. The van der Waals surface area contributed by atoms with E-state index in [0.717, 1.165) is 16.8 Å². The molecule has 4 rings (SSSR count). The zero-order chi connectivity index (χ0) is 19.7. The molecule has 0 unspecified atom stereocenters. The summed E-state index contributed by atoms with van der Waals surface area (Å²) in [4.78, 5) is 28.1. The number of carbonyl (C=O) groups excluding carboxylic acids is 2. The van der Waals surface area contributed by atoms with E-state index in [9.17, 15) is 9.59 Å². The van der Waals surface area contributed by atoms with Crippen molar-refractivity contribution in [2.45, 2.75) is 25.9 Å². The van der Waals surface area contributed by atoms with Gasteiger partial charge in [0.15, 0.2) is 0 Å². The van der Waals surface area contributed by atoms with Crippen LogP contribution in [0.15, 0.2) is 48.5 Å². The van der Waals surface area contributed by atoms with Crippen molar-refractivity contribution in [3.63, 3.8) is 0 Å². The molecule has 28 heavy (non-hydrogen) atoms. The average Bonchev–Trinajstić information content (AvgIpc) is 3.58. The van der Waals surface area contributed by atoms with Gasteiger partial charge in [0.05, 0.1) is 12.7 Å². The largest absolute Gasteiger partial charge is 0.374 e. The summed E-state index contributed by atoms with van der Waals surface area (Å²) in [6.07, 6.45) is 2.64. The first kappa shape index (κ1) is 18.7. The second kappa shape index (κ2) is 7.76. The van der Waals surface area contributed by atoms with E-state index in [0.29, 0.717) is 31.2 Å².